The summed E-state index contributed by atoms with van der Waals surface area (Å²) in [6.45, 7) is 3.02. The third-order valence-electron chi connectivity index (χ3n) is 8.02. The van der Waals surface area contributed by atoms with E-state index in [-0.39, 0.29) is 18.6 Å². The maximum Gasteiger partial charge on any atom is 0.416 e. The molecule has 1 aromatic carbocycles. The van der Waals surface area contributed by atoms with Crippen molar-refractivity contribution < 1.29 is 22.2 Å². The Morgan fingerprint density at radius 2 is 1.87 bits per heavy atom. The van der Waals surface area contributed by atoms with Crippen molar-refractivity contribution in [2.45, 2.75) is 44.4 Å². The van der Waals surface area contributed by atoms with Gasteiger partial charge in [-0.2, -0.15) is 23.0 Å². The van der Waals surface area contributed by atoms with Gasteiger partial charge in [0.1, 0.15) is 0 Å². The molecule has 0 bridgehead atoms. The normalized spacial score (nSPS) is 25.2. The summed E-state index contributed by atoms with van der Waals surface area (Å²) in [6.07, 6.45) is 3.72. The molecule has 1 saturated carbocycles. The summed E-state index contributed by atoms with van der Waals surface area (Å²) in [7, 11) is -0.574. The van der Waals surface area contributed by atoms with Crippen LogP contribution in [0.3, 0.4) is 0 Å². The van der Waals surface area contributed by atoms with Crippen LogP contribution in [0.5, 0.6) is 0 Å². The fourth-order valence-corrected chi connectivity index (χ4v) is 6.80. The molecule has 3 fully saturated rings. The number of rotatable bonds is 6. The van der Waals surface area contributed by atoms with E-state index in [2.05, 4.69) is 15.7 Å². The molecule has 38 heavy (non-hydrogen) atoms. The van der Waals surface area contributed by atoms with Gasteiger partial charge in [0, 0.05) is 60.4 Å². The van der Waals surface area contributed by atoms with Crippen LogP contribution >= 0.6 is 0 Å². The van der Waals surface area contributed by atoms with Crippen molar-refractivity contribution in [3.63, 3.8) is 0 Å². The van der Waals surface area contributed by atoms with Gasteiger partial charge in [0.25, 0.3) is 0 Å². The number of anilines is 2. The Bertz CT molecular complexity index is 1270. The summed E-state index contributed by atoms with van der Waals surface area (Å²) < 4.78 is 57.7. The third-order valence-corrected chi connectivity index (χ3v) is 8.69. The van der Waals surface area contributed by atoms with Gasteiger partial charge in [0.2, 0.25) is 0 Å². The van der Waals surface area contributed by atoms with Gasteiger partial charge >= 0.3 is 12.2 Å². The second kappa shape index (κ2) is 10.1. The standard InChI is InChI=1S/C26H35F3N6O2S/c1-32(14-18-6-7-22(33-8-4-5-9-33)12-24(18)26(27,28)29)23-10-19-15-34(16-20(19)11-23)25(36)35-17-21(13-30-35)31-38(2,3)37/h6-7,12-13,17,19-20,23H,2,4-5,8-11,14-16H2,1,3H3,(H,31,37)/t19-,20+,23?,38?. The Labute approximate surface area is 221 Å². The molecule has 2 saturated heterocycles. The Morgan fingerprint density at radius 1 is 1.21 bits per heavy atom. The van der Waals surface area contributed by atoms with Crippen molar-refractivity contribution >= 4 is 33.0 Å². The van der Waals surface area contributed by atoms with Crippen molar-refractivity contribution in [1.82, 2.24) is 19.6 Å². The molecule has 1 aromatic heterocycles. The van der Waals surface area contributed by atoms with Gasteiger partial charge in [0.05, 0.1) is 23.6 Å². The minimum absolute atomic E-state index is 0.164. The highest BCUT2D eigenvalue weighted by atomic mass is 32.2. The molecule has 1 aliphatic carbocycles. The summed E-state index contributed by atoms with van der Waals surface area (Å²) in [5, 5.41) is 4.09. The van der Waals surface area contributed by atoms with E-state index < -0.39 is 21.4 Å². The predicted octanol–water partition coefficient (Wildman–Crippen LogP) is 3.99. The van der Waals surface area contributed by atoms with E-state index in [1.807, 2.05) is 22.9 Å². The lowest BCUT2D eigenvalue weighted by atomic mass is 10.0. The maximum atomic E-state index is 14.0. The van der Waals surface area contributed by atoms with Crippen molar-refractivity contribution in [3.8, 4) is 0 Å². The monoisotopic (exact) mass is 552 g/mol. The highest BCUT2D eigenvalue weighted by Crippen LogP contribution is 2.41. The largest absolute Gasteiger partial charge is 0.416 e. The minimum atomic E-state index is -4.40. The number of likely N-dealkylation sites (tertiary alicyclic amines) is 1. The average molecular weight is 553 g/mol. The zero-order valence-corrected chi connectivity index (χ0v) is 22.6. The molecule has 208 valence electrons. The topological polar surface area (TPSA) is 73.7 Å². The molecule has 1 N–H and O–H groups in total. The highest BCUT2D eigenvalue weighted by Gasteiger charge is 2.44. The van der Waals surface area contributed by atoms with Crippen LogP contribution in [-0.4, -0.2) is 81.2 Å². The van der Waals surface area contributed by atoms with Gasteiger partial charge in [-0.1, -0.05) is 6.07 Å². The first-order valence-electron chi connectivity index (χ1n) is 13.0. The van der Waals surface area contributed by atoms with E-state index in [1.165, 1.54) is 29.4 Å². The molecule has 2 aromatic rings. The number of nitrogens with zero attached hydrogens (tertiary/aromatic N) is 5. The fraction of sp³-hybridized carbons (Fsp3) is 0.577. The molecule has 12 heteroatoms. The van der Waals surface area contributed by atoms with E-state index >= 15 is 0 Å². The first kappa shape index (κ1) is 26.9. The molecule has 2 aliphatic heterocycles. The van der Waals surface area contributed by atoms with Crippen molar-refractivity contribution in [1.29, 1.82) is 0 Å². The number of hydrogen-bond donors (Lipinski definition) is 1. The summed E-state index contributed by atoms with van der Waals surface area (Å²) >= 11 is 0. The summed E-state index contributed by atoms with van der Waals surface area (Å²) in [6, 6.07) is 4.70. The van der Waals surface area contributed by atoms with Gasteiger partial charge in [0.15, 0.2) is 0 Å². The molecule has 5 rings (SSSR count). The number of amides is 1. The van der Waals surface area contributed by atoms with Gasteiger partial charge in [-0.3, -0.25) is 4.90 Å². The molecular weight excluding hydrogens is 517 g/mol. The van der Waals surface area contributed by atoms with Crippen LogP contribution in [0.25, 0.3) is 0 Å². The number of alkyl halides is 3. The maximum absolute atomic E-state index is 14.0. The van der Waals surface area contributed by atoms with E-state index in [1.54, 1.807) is 11.0 Å². The lowest BCUT2D eigenvalue weighted by Crippen LogP contribution is -2.36. The first-order valence-corrected chi connectivity index (χ1v) is 15.1. The summed E-state index contributed by atoms with van der Waals surface area (Å²) in [5.41, 5.74) is 0.873. The SMILES string of the molecule is C=S(C)(=O)Nc1cnn(C(=O)N2C[C@H]3CC(N(C)Cc4ccc(N5CCCC5)cc4C(F)(F)F)C[C@H]3C2)c1. The molecule has 8 nitrogen and oxygen atoms in total. The molecular formula is C26H35F3N6O2S. The first-order chi connectivity index (χ1) is 17.9. The number of benzene rings is 1. The van der Waals surface area contributed by atoms with Crippen LogP contribution in [0.2, 0.25) is 0 Å². The zero-order valence-electron chi connectivity index (χ0n) is 21.8. The number of aromatic nitrogens is 2. The molecule has 3 heterocycles. The third kappa shape index (κ3) is 5.80. The van der Waals surface area contributed by atoms with E-state index in [4.69, 9.17) is 0 Å². The number of carbonyl (C=O) groups excluding carboxylic acids is 1. The zero-order chi connectivity index (χ0) is 27.2. The highest BCUT2D eigenvalue weighted by molar-refractivity contribution is 8.00. The van der Waals surface area contributed by atoms with E-state index in [9.17, 15) is 22.2 Å². The van der Waals surface area contributed by atoms with Crippen LogP contribution in [0.4, 0.5) is 29.3 Å². The van der Waals surface area contributed by atoms with Gasteiger partial charge in [-0.05, 0) is 68.1 Å². The van der Waals surface area contributed by atoms with Gasteiger partial charge in [-0.15, -0.1) is 0 Å². The van der Waals surface area contributed by atoms with Crippen LogP contribution in [0, 0.1) is 11.8 Å². The lowest BCUT2D eigenvalue weighted by molar-refractivity contribution is -0.138. The molecule has 4 atom stereocenters. The van der Waals surface area contributed by atoms with Crippen molar-refractivity contribution in [3.05, 3.63) is 41.7 Å². The van der Waals surface area contributed by atoms with Gasteiger partial charge in [-0.25, -0.2) is 9.00 Å². The molecule has 0 spiro atoms. The molecule has 1 amide bonds. The second-order valence-corrected chi connectivity index (χ2v) is 13.3. The molecule has 3 aliphatic rings. The van der Waals surface area contributed by atoms with Gasteiger partial charge < -0.3 is 14.5 Å². The fourth-order valence-electron chi connectivity index (χ4n) is 6.19. The quantitative estimate of drug-likeness (QED) is 0.549. The number of nitrogens with one attached hydrogen (secondary N) is 1. The Hall–Kier alpha value is -2.73. The van der Waals surface area contributed by atoms with Crippen LogP contribution in [0.1, 0.15) is 36.8 Å². The number of carbonyl (C=O) groups is 1. The predicted molar refractivity (Wildman–Crippen MR) is 144 cm³/mol. The number of hydrogen-bond acceptors (Lipinski definition) is 5. The summed E-state index contributed by atoms with van der Waals surface area (Å²) in [5.74, 6) is 4.14. The second-order valence-electron chi connectivity index (χ2n) is 11.1. The minimum Gasteiger partial charge on any atom is -0.372 e. The Balaban J connectivity index is 1.20. The number of fused-ring (bicyclic) bond motifs is 1. The Morgan fingerprint density at radius 3 is 2.47 bits per heavy atom. The average Bonchev–Trinajstić information content (AvgIpc) is 3.60. The van der Waals surface area contributed by atoms with Crippen molar-refractivity contribution in [2.24, 2.45) is 11.8 Å². The van der Waals surface area contributed by atoms with Crippen LogP contribution < -0.4 is 9.62 Å². The lowest BCUT2D eigenvalue weighted by Gasteiger charge is -2.28. The molecule has 2 unspecified atom stereocenters. The molecule has 0 radical (unpaired) electrons. The van der Waals surface area contributed by atoms with Crippen molar-refractivity contribution in [2.75, 3.05) is 49.1 Å². The number of halogens is 3. The van der Waals surface area contributed by atoms with E-state index in [0.717, 1.165) is 38.8 Å². The van der Waals surface area contributed by atoms with Crippen LogP contribution in [-0.2, 0) is 22.4 Å². The Kier molecular flexibility index (Phi) is 7.14. The summed E-state index contributed by atoms with van der Waals surface area (Å²) in [4.78, 5) is 18.8. The van der Waals surface area contributed by atoms with E-state index in [0.29, 0.717) is 41.9 Å². The smallest absolute Gasteiger partial charge is 0.372 e. The van der Waals surface area contributed by atoms with Crippen LogP contribution in [0.15, 0.2) is 30.6 Å².